The lowest BCUT2D eigenvalue weighted by Crippen LogP contribution is -2.53. The maximum Gasteiger partial charge on any atom is 0.216 e. The average molecular weight is 557 g/mol. The Morgan fingerprint density at radius 3 is 2.38 bits per heavy atom. The molecule has 2 saturated heterocycles. The lowest BCUT2D eigenvalue weighted by atomic mass is 9.84. The molecule has 29 heavy (non-hydrogen) atoms. The van der Waals surface area contributed by atoms with Crippen molar-refractivity contribution in [3.05, 3.63) is 35.6 Å². The van der Waals surface area contributed by atoms with E-state index in [2.05, 4.69) is 17.1 Å². The molecule has 1 unspecified atom stereocenters. The van der Waals surface area contributed by atoms with Crippen LogP contribution in [0.2, 0.25) is 0 Å². The molecule has 1 aliphatic carbocycles. The number of benzene rings is 1. The van der Waals surface area contributed by atoms with Gasteiger partial charge in [-0.1, -0.05) is 12.1 Å². The third-order valence-corrected chi connectivity index (χ3v) is 8.75. The summed E-state index contributed by atoms with van der Waals surface area (Å²) in [6, 6.07) is 7.48. The number of hydrogen-bond acceptors (Lipinski definition) is 4. The molecule has 0 spiro atoms. The number of nitrogens with one attached hydrogen (secondary N) is 1. The topological polar surface area (TPSA) is 52.6 Å². The van der Waals surface area contributed by atoms with Crippen molar-refractivity contribution in [1.29, 1.82) is 0 Å². The molecule has 3 fully saturated rings. The Balaban J connectivity index is 0.00000150. The second-order valence-electron chi connectivity index (χ2n) is 8.27. The van der Waals surface area contributed by atoms with E-state index in [1.807, 2.05) is 6.07 Å². The summed E-state index contributed by atoms with van der Waals surface area (Å²) in [5, 5.41) is 3.29. The van der Waals surface area contributed by atoms with Crippen LogP contribution in [-0.2, 0) is 10.0 Å². The van der Waals surface area contributed by atoms with Crippen molar-refractivity contribution in [3.8, 4) is 0 Å². The van der Waals surface area contributed by atoms with Gasteiger partial charge >= 0.3 is 0 Å². The number of piperidine rings is 1. The van der Waals surface area contributed by atoms with Crippen LogP contribution in [0.15, 0.2) is 24.3 Å². The second-order valence-corrected chi connectivity index (χ2v) is 10.5. The van der Waals surface area contributed by atoms with Crippen molar-refractivity contribution < 1.29 is 12.8 Å². The first kappa shape index (κ1) is 25.2. The van der Waals surface area contributed by atoms with E-state index < -0.39 is 10.0 Å². The molecule has 1 N–H and O–H groups in total. The van der Waals surface area contributed by atoms with Crippen molar-refractivity contribution in [2.75, 3.05) is 32.7 Å². The van der Waals surface area contributed by atoms with Crippen molar-refractivity contribution >= 4 is 44.0 Å². The largest absolute Gasteiger partial charge is 0.314 e. The van der Waals surface area contributed by atoms with Crippen LogP contribution in [0.3, 0.4) is 0 Å². The van der Waals surface area contributed by atoms with Gasteiger partial charge in [-0.25, -0.2) is 17.1 Å². The zero-order chi connectivity index (χ0) is 19.0. The highest BCUT2D eigenvalue weighted by Gasteiger charge is 2.43. The first-order valence-corrected chi connectivity index (χ1v) is 11.7. The number of piperazine rings is 1. The molecule has 0 aromatic heterocycles. The minimum Gasteiger partial charge on any atom is -0.314 e. The highest BCUT2D eigenvalue weighted by Crippen LogP contribution is 2.39. The zero-order valence-electron chi connectivity index (χ0n) is 16.8. The summed E-state index contributed by atoms with van der Waals surface area (Å²) < 4.78 is 40.8. The summed E-state index contributed by atoms with van der Waals surface area (Å²) in [6.45, 7) is 6.20. The normalized spacial score (nSPS) is 25.7. The van der Waals surface area contributed by atoms with E-state index in [-0.39, 0.29) is 51.1 Å². The Morgan fingerprint density at radius 2 is 1.79 bits per heavy atom. The fourth-order valence-corrected chi connectivity index (χ4v) is 6.59. The molecule has 2 aliphatic heterocycles. The standard InChI is InChI=1S/C20H30FN3O2S.2BrH/c1-15-14-22-9-12-24(15)20(17-3-2-4-18(21)13-17)16-7-10-23(11-8-16)27(25,26)19-5-6-19;;/h2-4,13,15-16,19-20,22H,5-12,14H2,1H3;2*1H/t15-,20?;;/m0../s1. The predicted octanol–water partition coefficient (Wildman–Crippen LogP) is 3.52. The molecule has 4 rings (SSSR count). The fraction of sp³-hybridized carbons (Fsp3) is 0.700. The maximum absolute atomic E-state index is 14.0. The van der Waals surface area contributed by atoms with Gasteiger partial charge in [0.25, 0.3) is 0 Å². The summed E-state index contributed by atoms with van der Waals surface area (Å²) in [4.78, 5) is 2.49. The van der Waals surface area contributed by atoms with E-state index in [0.717, 1.165) is 50.9 Å². The minimum atomic E-state index is -3.10. The Kier molecular flexibility index (Phi) is 9.13. The van der Waals surface area contributed by atoms with Crippen LogP contribution in [0.1, 0.15) is 44.2 Å². The average Bonchev–Trinajstić information content (AvgIpc) is 3.50. The quantitative estimate of drug-likeness (QED) is 0.603. The zero-order valence-corrected chi connectivity index (χ0v) is 21.0. The molecule has 2 atom stereocenters. The van der Waals surface area contributed by atoms with Gasteiger partial charge < -0.3 is 5.32 Å². The Hall–Kier alpha value is -0.0600. The van der Waals surface area contributed by atoms with Gasteiger partial charge in [0.15, 0.2) is 0 Å². The van der Waals surface area contributed by atoms with Gasteiger partial charge in [0.2, 0.25) is 10.0 Å². The minimum absolute atomic E-state index is 0. The Morgan fingerprint density at radius 1 is 1.10 bits per heavy atom. The van der Waals surface area contributed by atoms with Crippen molar-refractivity contribution in [1.82, 2.24) is 14.5 Å². The molecule has 0 radical (unpaired) electrons. The van der Waals surface area contributed by atoms with Crippen molar-refractivity contribution in [2.45, 2.75) is 49.9 Å². The van der Waals surface area contributed by atoms with Crippen LogP contribution in [0.25, 0.3) is 0 Å². The number of rotatable bonds is 5. The molecule has 1 saturated carbocycles. The van der Waals surface area contributed by atoms with E-state index in [1.54, 1.807) is 16.4 Å². The van der Waals surface area contributed by atoms with Crippen LogP contribution in [0, 0.1) is 11.7 Å². The van der Waals surface area contributed by atoms with Gasteiger partial charge in [-0.15, -0.1) is 34.0 Å². The molecule has 5 nitrogen and oxygen atoms in total. The number of sulfonamides is 1. The van der Waals surface area contributed by atoms with E-state index in [9.17, 15) is 12.8 Å². The van der Waals surface area contributed by atoms with E-state index >= 15 is 0 Å². The highest BCUT2D eigenvalue weighted by molar-refractivity contribution is 8.93. The molecule has 0 bridgehead atoms. The summed E-state index contributed by atoms with van der Waals surface area (Å²) in [6.07, 6.45) is 3.30. The van der Waals surface area contributed by atoms with Gasteiger partial charge in [0, 0.05) is 44.8 Å². The van der Waals surface area contributed by atoms with Gasteiger partial charge in [0.1, 0.15) is 5.82 Å². The smallest absolute Gasteiger partial charge is 0.216 e. The van der Waals surface area contributed by atoms with Gasteiger partial charge in [-0.3, -0.25) is 4.90 Å². The third-order valence-electron chi connectivity index (χ3n) is 6.35. The van der Waals surface area contributed by atoms with Crippen molar-refractivity contribution in [3.63, 3.8) is 0 Å². The molecule has 9 heteroatoms. The van der Waals surface area contributed by atoms with Gasteiger partial charge in [-0.2, -0.15) is 0 Å². The molecule has 1 aromatic carbocycles. The summed E-state index contributed by atoms with van der Waals surface area (Å²) in [7, 11) is -3.10. The van der Waals surface area contributed by atoms with Crippen LogP contribution >= 0.6 is 34.0 Å². The molecular weight excluding hydrogens is 525 g/mol. The third kappa shape index (κ3) is 5.60. The van der Waals surface area contributed by atoms with Crippen LogP contribution in [0.4, 0.5) is 4.39 Å². The molecular formula is C20H32Br2FN3O2S. The lowest BCUT2D eigenvalue weighted by molar-refractivity contribution is 0.0581. The number of hydrogen-bond donors (Lipinski definition) is 1. The molecule has 166 valence electrons. The van der Waals surface area contributed by atoms with E-state index in [4.69, 9.17) is 0 Å². The lowest BCUT2D eigenvalue weighted by Gasteiger charge is -2.45. The number of nitrogens with zero attached hydrogens (tertiary/aromatic N) is 2. The first-order chi connectivity index (χ1) is 13.0. The Labute approximate surface area is 195 Å². The summed E-state index contributed by atoms with van der Waals surface area (Å²) in [5.41, 5.74) is 1.02. The fourth-order valence-electron chi connectivity index (χ4n) is 4.72. The summed E-state index contributed by atoms with van der Waals surface area (Å²) >= 11 is 0. The highest BCUT2D eigenvalue weighted by atomic mass is 79.9. The molecule has 2 heterocycles. The maximum atomic E-state index is 14.0. The molecule has 3 aliphatic rings. The van der Waals surface area contributed by atoms with E-state index in [1.165, 1.54) is 6.07 Å². The monoisotopic (exact) mass is 555 g/mol. The van der Waals surface area contributed by atoms with Crippen molar-refractivity contribution in [2.24, 2.45) is 5.92 Å². The van der Waals surface area contributed by atoms with Crippen LogP contribution in [-0.4, -0.2) is 61.6 Å². The van der Waals surface area contributed by atoms with Gasteiger partial charge in [-0.05, 0) is 56.2 Å². The van der Waals surface area contributed by atoms with Gasteiger partial charge in [0.05, 0.1) is 5.25 Å². The molecule has 1 aromatic rings. The van der Waals surface area contributed by atoms with Crippen LogP contribution in [0.5, 0.6) is 0 Å². The predicted molar refractivity (Wildman–Crippen MR) is 125 cm³/mol. The number of halogens is 3. The SMILES string of the molecule is Br.Br.C[C@H]1CNCCN1C(c1cccc(F)c1)C1CCN(S(=O)(=O)C2CC2)CC1. The van der Waals surface area contributed by atoms with Crippen LogP contribution < -0.4 is 5.32 Å². The van der Waals surface area contributed by atoms with E-state index in [0.29, 0.717) is 25.0 Å². The Bertz CT molecular complexity index is 771. The molecule has 0 amide bonds. The first-order valence-electron chi connectivity index (χ1n) is 10.2. The summed E-state index contributed by atoms with van der Waals surface area (Å²) in [5.74, 6) is 0.145. The second kappa shape index (κ2) is 10.5.